The highest BCUT2D eigenvalue weighted by atomic mass is 16.5. The highest BCUT2D eigenvalue weighted by Crippen LogP contribution is 2.38. The molecule has 0 aliphatic carbocycles. The van der Waals surface area contributed by atoms with Gasteiger partial charge < -0.3 is 15.4 Å². The molecule has 0 saturated carbocycles. The van der Waals surface area contributed by atoms with Crippen LogP contribution in [0.5, 0.6) is 5.75 Å². The molecule has 3 heteroatoms. The van der Waals surface area contributed by atoms with E-state index in [9.17, 15) is 0 Å². The van der Waals surface area contributed by atoms with Crippen LogP contribution in [-0.2, 0) is 0 Å². The molecule has 0 spiro atoms. The van der Waals surface area contributed by atoms with E-state index in [1.807, 2.05) is 13.0 Å². The number of hydrogen-bond acceptors (Lipinski definition) is 3. The van der Waals surface area contributed by atoms with Crippen molar-refractivity contribution in [3.8, 4) is 5.75 Å². The number of anilines is 1. The summed E-state index contributed by atoms with van der Waals surface area (Å²) in [5.41, 5.74) is 8.98. The lowest BCUT2D eigenvalue weighted by molar-refractivity contribution is 0.279. The lowest BCUT2D eigenvalue weighted by Gasteiger charge is -2.39. The van der Waals surface area contributed by atoms with E-state index in [-0.39, 0.29) is 6.04 Å². The number of ether oxygens (including phenoxy) is 1. The quantitative estimate of drug-likeness (QED) is 0.908. The molecule has 0 amide bonds. The van der Waals surface area contributed by atoms with Gasteiger partial charge in [0.2, 0.25) is 0 Å². The maximum Gasteiger partial charge on any atom is 0.125 e. The Morgan fingerprint density at radius 2 is 1.89 bits per heavy atom. The Bertz CT molecular complexity index is 430. The third-order valence-corrected chi connectivity index (χ3v) is 4.18. The molecule has 106 valence electrons. The van der Waals surface area contributed by atoms with Crippen LogP contribution in [-0.4, -0.2) is 20.2 Å². The van der Waals surface area contributed by atoms with Crippen LogP contribution in [0.2, 0.25) is 0 Å². The molecule has 1 saturated heterocycles. The Balaban J connectivity index is 2.30. The Kier molecular flexibility index (Phi) is 4.04. The van der Waals surface area contributed by atoms with E-state index >= 15 is 0 Å². The van der Waals surface area contributed by atoms with Gasteiger partial charge in [0.15, 0.2) is 0 Å². The van der Waals surface area contributed by atoms with Gasteiger partial charge >= 0.3 is 0 Å². The zero-order valence-corrected chi connectivity index (χ0v) is 12.6. The number of piperidine rings is 1. The summed E-state index contributed by atoms with van der Waals surface area (Å²) in [4.78, 5) is 2.45. The van der Waals surface area contributed by atoms with Gasteiger partial charge in [-0.15, -0.1) is 0 Å². The number of benzene rings is 1. The van der Waals surface area contributed by atoms with Gasteiger partial charge in [0.25, 0.3) is 0 Å². The lowest BCUT2D eigenvalue weighted by Crippen LogP contribution is -2.38. The second-order valence-corrected chi connectivity index (χ2v) is 6.33. The van der Waals surface area contributed by atoms with Crippen LogP contribution in [0.15, 0.2) is 18.2 Å². The summed E-state index contributed by atoms with van der Waals surface area (Å²) in [5.74, 6) is 0.900. The van der Waals surface area contributed by atoms with Gasteiger partial charge in [0.05, 0.1) is 7.11 Å². The average Bonchev–Trinajstić information content (AvgIpc) is 2.37. The Morgan fingerprint density at radius 3 is 2.42 bits per heavy atom. The highest BCUT2D eigenvalue weighted by molar-refractivity contribution is 5.61. The van der Waals surface area contributed by atoms with Gasteiger partial charge in [-0.25, -0.2) is 0 Å². The van der Waals surface area contributed by atoms with Crippen LogP contribution < -0.4 is 15.4 Å². The van der Waals surface area contributed by atoms with E-state index in [2.05, 4.69) is 30.9 Å². The van der Waals surface area contributed by atoms with Crippen molar-refractivity contribution in [1.29, 1.82) is 0 Å². The minimum atomic E-state index is -0.0129. The maximum absolute atomic E-state index is 6.14. The number of nitrogens with two attached hydrogens (primary N) is 1. The van der Waals surface area contributed by atoms with E-state index in [4.69, 9.17) is 10.5 Å². The van der Waals surface area contributed by atoms with Gasteiger partial charge in [-0.2, -0.15) is 0 Å². The molecule has 0 radical (unpaired) electrons. The summed E-state index contributed by atoms with van der Waals surface area (Å²) in [6.07, 6.45) is 2.45. The molecule has 3 nitrogen and oxygen atoms in total. The van der Waals surface area contributed by atoms with Crippen LogP contribution in [0.3, 0.4) is 0 Å². The first-order valence-electron chi connectivity index (χ1n) is 7.12. The normalized spacial score (nSPS) is 20.2. The van der Waals surface area contributed by atoms with E-state index in [1.165, 1.54) is 18.5 Å². The van der Waals surface area contributed by atoms with Crippen molar-refractivity contribution in [2.75, 3.05) is 25.1 Å². The SMILES string of the molecule is COc1cccc(N2CCC(C)(C)CC2)c1[C@@H](C)N. The molecule has 2 N–H and O–H groups in total. The zero-order valence-electron chi connectivity index (χ0n) is 12.6. The first-order chi connectivity index (χ1) is 8.94. The molecule has 1 aliphatic heterocycles. The summed E-state index contributed by atoms with van der Waals surface area (Å²) >= 11 is 0. The van der Waals surface area contributed by atoms with Gasteiger partial charge in [-0.3, -0.25) is 0 Å². The predicted molar refractivity (Wildman–Crippen MR) is 80.8 cm³/mol. The fourth-order valence-corrected chi connectivity index (χ4v) is 2.80. The monoisotopic (exact) mass is 262 g/mol. The highest BCUT2D eigenvalue weighted by Gasteiger charge is 2.27. The number of methoxy groups -OCH3 is 1. The molecular weight excluding hydrogens is 236 g/mol. The summed E-state index contributed by atoms with van der Waals surface area (Å²) in [7, 11) is 1.71. The minimum Gasteiger partial charge on any atom is -0.496 e. The van der Waals surface area contributed by atoms with Crippen molar-refractivity contribution in [2.45, 2.75) is 39.7 Å². The molecular formula is C16H26N2O. The molecule has 1 heterocycles. The van der Waals surface area contributed by atoms with E-state index in [0.29, 0.717) is 5.41 Å². The molecule has 1 aliphatic rings. The lowest BCUT2D eigenvalue weighted by atomic mass is 9.82. The molecule has 19 heavy (non-hydrogen) atoms. The third kappa shape index (κ3) is 3.03. The number of nitrogens with zero attached hydrogens (tertiary/aromatic N) is 1. The minimum absolute atomic E-state index is 0.0129. The molecule has 1 aromatic carbocycles. The van der Waals surface area contributed by atoms with Crippen molar-refractivity contribution in [2.24, 2.45) is 11.1 Å². The Labute approximate surface area is 116 Å². The smallest absolute Gasteiger partial charge is 0.125 e. The van der Waals surface area contributed by atoms with Crippen molar-refractivity contribution >= 4 is 5.69 Å². The molecule has 0 aromatic heterocycles. The van der Waals surface area contributed by atoms with Crippen LogP contribution >= 0.6 is 0 Å². The van der Waals surface area contributed by atoms with E-state index in [1.54, 1.807) is 7.11 Å². The van der Waals surface area contributed by atoms with Gasteiger partial charge in [-0.05, 0) is 37.3 Å². The summed E-state index contributed by atoms with van der Waals surface area (Å²) in [5, 5.41) is 0. The van der Waals surface area contributed by atoms with Crippen LogP contribution in [0, 0.1) is 5.41 Å². The summed E-state index contributed by atoms with van der Waals surface area (Å²) in [6.45, 7) is 8.92. The van der Waals surface area contributed by atoms with E-state index < -0.39 is 0 Å². The standard InChI is InChI=1S/C16H26N2O/c1-12(17)15-13(6-5-7-14(15)19-4)18-10-8-16(2,3)9-11-18/h5-7,12H,8-11,17H2,1-4H3/t12-/m1/s1. The van der Waals surface area contributed by atoms with Crippen LogP contribution in [0.1, 0.15) is 45.2 Å². The fraction of sp³-hybridized carbons (Fsp3) is 0.625. The number of rotatable bonds is 3. The fourth-order valence-electron chi connectivity index (χ4n) is 2.80. The molecule has 2 rings (SSSR count). The average molecular weight is 262 g/mol. The van der Waals surface area contributed by atoms with Crippen molar-refractivity contribution < 1.29 is 4.74 Å². The maximum atomic E-state index is 6.14. The van der Waals surface area contributed by atoms with Crippen LogP contribution in [0.25, 0.3) is 0 Å². The zero-order chi connectivity index (χ0) is 14.0. The van der Waals surface area contributed by atoms with Crippen molar-refractivity contribution in [1.82, 2.24) is 0 Å². The Hall–Kier alpha value is -1.22. The largest absolute Gasteiger partial charge is 0.496 e. The summed E-state index contributed by atoms with van der Waals surface area (Å²) in [6, 6.07) is 6.20. The second kappa shape index (κ2) is 5.41. The van der Waals surface area contributed by atoms with Gasteiger partial charge in [-0.1, -0.05) is 19.9 Å². The molecule has 0 bridgehead atoms. The topological polar surface area (TPSA) is 38.5 Å². The van der Waals surface area contributed by atoms with Crippen molar-refractivity contribution in [3.63, 3.8) is 0 Å². The first kappa shape index (κ1) is 14.2. The summed E-state index contributed by atoms with van der Waals surface area (Å²) < 4.78 is 5.47. The van der Waals surface area contributed by atoms with Gasteiger partial charge in [0, 0.05) is 30.4 Å². The van der Waals surface area contributed by atoms with Crippen molar-refractivity contribution in [3.05, 3.63) is 23.8 Å². The van der Waals surface area contributed by atoms with E-state index in [0.717, 1.165) is 24.4 Å². The molecule has 0 unspecified atom stereocenters. The molecule has 1 aromatic rings. The predicted octanol–water partition coefficient (Wildman–Crippen LogP) is 3.34. The Morgan fingerprint density at radius 1 is 1.26 bits per heavy atom. The number of hydrogen-bond donors (Lipinski definition) is 1. The molecule has 1 fully saturated rings. The van der Waals surface area contributed by atoms with Crippen LogP contribution in [0.4, 0.5) is 5.69 Å². The molecule has 1 atom stereocenters. The third-order valence-electron chi connectivity index (χ3n) is 4.18. The second-order valence-electron chi connectivity index (χ2n) is 6.33. The first-order valence-corrected chi connectivity index (χ1v) is 7.12. The van der Waals surface area contributed by atoms with Gasteiger partial charge in [0.1, 0.15) is 5.75 Å².